The molecule has 0 spiro atoms. The van der Waals surface area contributed by atoms with Gasteiger partial charge in [-0.2, -0.15) is 0 Å². The van der Waals surface area contributed by atoms with E-state index in [1.54, 1.807) is 11.3 Å². The first-order valence-electron chi connectivity index (χ1n) is 7.38. The van der Waals surface area contributed by atoms with Crippen LogP contribution in [-0.4, -0.2) is 5.11 Å². The van der Waals surface area contributed by atoms with Crippen LogP contribution in [-0.2, 0) is 0 Å². The van der Waals surface area contributed by atoms with Gasteiger partial charge in [0.15, 0.2) is 0 Å². The number of fused-ring (bicyclic) bond motifs is 1. The van der Waals surface area contributed by atoms with E-state index in [4.69, 9.17) is 0 Å². The smallest absolute Gasteiger partial charge is 0.107 e. The zero-order valence-corrected chi connectivity index (χ0v) is 13.1. The maximum atomic E-state index is 10.8. The minimum Gasteiger partial charge on any atom is -0.384 e. The minimum atomic E-state index is -0.550. The predicted molar refractivity (Wildman–Crippen MR) is 92.8 cm³/mol. The largest absolute Gasteiger partial charge is 0.384 e. The molecule has 2 heteroatoms. The van der Waals surface area contributed by atoms with E-state index >= 15 is 0 Å². The van der Waals surface area contributed by atoms with Crippen molar-refractivity contribution in [2.75, 3.05) is 0 Å². The van der Waals surface area contributed by atoms with Gasteiger partial charge in [0.05, 0.1) is 0 Å². The number of aliphatic hydroxyl groups excluding tert-OH is 1. The van der Waals surface area contributed by atoms with Crippen molar-refractivity contribution in [2.24, 2.45) is 0 Å². The number of aryl methyl sites for hydroxylation is 1. The van der Waals surface area contributed by atoms with E-state index in [2.05, 4.69) is 48.7 Å². The second kappa shape index (κ2) is 5.24. The van der Waals surface area contributed by atoms with E-state index in [9.17, 15) is 5.11 Å². The molecule has 0 fully saturated rings. The summed E-state index contributed by atoms with van der Waals surface area (Å²) in [5, 5.41) is 12.9. The van der Waals surface area contributed by atoms with Crippen LogP contribution in [0, 0.1) is 6.92 Å². The summed E-state index contributed by atoms with van der Waals surface area (Å²) in [6.45, 7) is 2.09. The van der Waals surface area contributed by atoms with Gasteiger partial charge in [0.25, 0.3) is 0 Å². The normalized spacial score (nSPS) is 16.9. The molecule has 108 valence electrons. The molecule has 1 nitrogen and oxygen atoms in total. The Morgan fingerprint density at radius 1 is 0.909 bits per heavy atom. The van der Waals surface area contributed by atoms with Crippen molar-refractivity contribution in [3.05, 3.63) is 93.2 Å². The van der Waals surface area contributed by atoms with Crippen LogP contribution < -0.4 is 0 Å². The van der Waals surface area contributed by atoms with Crippen molar-refractivity contribution in [2.45, 2.75) is 13.0 Å². The van der Waals surface area contributed by atoms with Gasteiger partial charge in [-0.1, -0.05) is 60.2 Å². The van der Waals surface area contributed by atoms with Crippen molar-refractivity contribution in [1.29, 1.82) is 0 Å². The Labute approximate surface area is 134 Å². The molecule has 1 heterocycles. The fourth-order valence-electron chi connectivity index (χ4n) is 3.12. The van der Waals surface area contributed by atoms with Crippen molar-refractivity contribution in [1.82, 2.24) is 0 Å². The third-order valence-corrected chi connectivity index (χ3v) is 5.10. The van der Waals surface area contributed by atoms with Crippen LogP contribution in [0.1, 0.15) is 33.2 Å². The van der Waals surface area contributed by atoms with Crippen molar-refractivity contribution in [3.63, 3.8) is 0 Å². The fraction of sp³-hybridized carbons (Fsp3) is 0.100. The van der Waals surface area contributed by atoms with Crippen molar-refractivity contribution >= 4 is 22.5 Å². The minimum absolute atomic E-state index is 0.550. The molecule has 3 aromatic rings. The van der Waals surface area contributed by atoms with E-state index in [1.807, 2.05) is 24.3 Å². The molecule has 2 aromatic carbocycles. The lowest BCUT2D eigenvalue weighted by Gasteiger charge is -2.10. The van der Waals surface area contributed by atoms with E-state index < -0.39 is 6.10 Å². The van der Waals surface area contributed by atoms with Gasteiger partial charge in [0, 0.05) is 10.5 Å². The molecular formula is C20H16OS. The summed E-state index contributed by atoms with van der Waals surface area (Å²) in [4.78, 5) is 1.14. The third-order valence-electron chi connectivity index (χ3n) is 4.19. The number of thiophene rings is 1. The van der Waals surface area contributed by atoms with Gasteiger partial charge in [0.1, 0.15) is 6.10 Å². The number of aliphatic hydroxyl groups is 1. The Bertz CT molecular complexity index is 842. The van der Waals surface area contributed by atoms with Crippen LogP contribution in [0.25, 0.3) is 11.1 Å². The number of rotatable bonds is 2. The molecule has 1 N–H and O–H groups in total. The average molecular weight is 304 g/mol. The summed E-state index contributed by atoms with van der Waals surface area (Å²) < 4.78 is 0. The van der Waals surface area contributed by atoms with Crippen LogP contribution in [0.3, 0.4) is 0 Å². The summed E-state index contributed by atoms with van der Waals surface area (Å²) in [5.74, 6) is 0. The van der Waals surface area contributed by atoms with Crippen LogP contribution >= 0.6 is 11.3 Å². The zero-order valence-electron chi connectivity index (χ0n) is 12.3. The monoisotopic (exact) mass is 304 g/mol. The molecule has 1 unspecified atom stereocenters. The van der Waals surface area contributed by atoms with Crippen LogP contribution in [0.2, 0.25) is 0 Å². The molecule has 0 radical (unpaired) electrons. The predicted octanol–water partition coefficient (Wildman–Crippen LogP) is 5.06. The van der Waals surface area contributed by atoms with Gasteiger partial charge in [-0.3, -0.25) is 0 Å². The summed E-state index contributed by atoms with van der Waals surface area (Å²) in [5.41, 5.74) is 6.74. The summed E-state index contributed by atoms with van der Waals surface area (Å²) >= 11 is 1.68. The standard InChI is InChI=1S/C20H16OS/c1-13-8-10-14(11-9-13)18-15-5-2-3-6-16(15)20(21)19(18)17-7-4-12-22-17/h2-12,20-21H,1H3. The lowest BCUT2D eigenvalue weighted by Crippen LogP contribution is -1.95. The molecule has 1 aliphatic carbocycles. The average Bonchev–Trinajstić information content (AvgIpc) is 3.15. The molecule has 0 bridgehead atoms. The molecule has 0 saturated carbocycles. The summed E-state index contributed by atoms with van der Waals surface area (Å²) in [7, 11) is 0. The highest BCUT2D eigenvalue weighted by Crippen LogP contribution is 2.49. The van der Waals surface area contributed by atoms with E-state index in [0.717, 1.165) is 32.7 Å². The van der Waals surface area contributed by atoms with Crippen molar-refractivity contribution < 1.29 is 5.11 Å². The Hall–Kier alpha value is -2.16. The van der Waals surface area contributed by atoms with E-state index in [1.165, 1.54) is 5.56 Å². The summed E-state index contributed by atoms with van der Waals surface area (Å²) in [6.07, 6.45) is -0.550. The molecule has 0 saturated heterocycles. The lowest BCUT2D eigenvalue weighted by molar-refractivity contribution is 0.241. The molecule has 0 amide bonds. The highest BCUT2D eigenvalue weighted by atomic mass is 32.1. The highest BCUT2D eigenvalue weighted by molar-refractivity contribution is 7.11. The van der Waals surface area contributed by atoms with E-state index in [0.29, 0.717) is 0 Å². The Kier molecular flexibility index (Phi) is 3.21. The first-order chi connectivity index (χ1) is 10.8. The zero-order chi connectivity index (χ0) is 15.1. The van der Waals surface area contributed by atoms with Gasteiger partial charge in [-0.05, 0) is 40.6 Å². The highest BCUT2D eigenvalue weighted by Gasteiger charge is 2.31. The second-order valence-corrected chi connectivity index (χ2v) is 6.57. The Balaban J connectivity index is 2.00. The number of hydrogen-bond donors (Lipinski definition) is 1. The Morgan fingerprint density at radius 3 is 2.41 bits per heavy atom. The van der Waals surface area contributed by atoms with Gasteiger partial charge in [-0.25, -0.2) is 0 Å². The van der Waals surface area contributed by atoms with Gasteiger partial charge in [-0.15, -0.1) is 11.3 Å². The topological polar surface area (TPSA) is 20.2 Å². The quantitative estimate of drug-likeness (QED) is 0.701. The van der Waals surface area contributed by atoms with Gasteiger partial charge in [0.2, 0.25) is 0 Å². The first kappa shape index (κ1) is 13.5. The lowest BCUT2D eigenvalue weighted by atomic mass is 9.96. The second-order valence-electron chi connectivity index (χ2n) is 5.62. The molecule has 1 atom stereocenters. The van der Waals surface area contributed by atoms with Crippen molar-refractivity contribution in [3.8, 4) is 0 Å². The first-order valence-corrected chi connectivity index (χ1v) is 8.26. The molecule has 0 aliphatic heterocycles. The van der Waals surface area contributed by atoms with Gasteiger partial charge >= 0.3 is 0 Å². The Morgan fingerprint density at radius 2 is 1.68 bits per heavy atom. The SMILES string of the molecule is Cc1ccc(C2=C(c3cccs3)C(O)c3ccccc32)cc1. The fourth-order valence-corrected chi connectivity index (χ4v) is 3.92. The maximum Gasteiger partial charge on any atom is 0.107 e. The van der Waals surface area contributed by atoms with Crippen LogP contribution in [0.4, 0.5) is 0 Å². The molecule has 22 heavy (non-hydrogen) atoms. The third kappa shape index (κ3) is 2.04. The molecule has 1 aromatic heterocycles. The number of hydrogen-bond acceptors (Lipinski definition) is 2. The van der Waals surface area contributed by atoms with Crippen LogP contribution in [0.15, 0.2) is 66.0 Å². The van der Waals surface area contributed by atoms with Crippen LogP contribution in [0.5, 0.6) is 0 Å². The molecular weight excluding hydrogens is 288 g/mol. The van der Waals surface area contributed by atoms with E-state index in [-0.39, 0.29) is 0 Å². The maximum absolute atomic E-state index is 10.8. The summed E-state index contributed by atoms with van der Waals surface area (Å²) in [6, 6.07) is 20.8. The number of benzene rings is 2. The molecule has 4 rings (SSSR count). The van der Waals surface area contributed by atoms with Gasteiger partial charge < -0.3 is 5.11 Å². The molecule has 1 aliphatic rings.